The lowest BCUT2D eigenvalue weighted by Crippen LogP contribution is -2.30. The van der Waals surface area contributed by atoms with Crippen LogP contribution in [0.25, 0.3) is 0 Å². The maximum Gasteiger partial charge on any atom is 0.472 e. The molecule has 0 amide bonds. The lowest BCUT2D eigenvalue weighted by molar-refractivity contribution is -0.161. The first-order valence-electron chi connectivity index (χ1n) is 40.1. The van der Waals surface area contributed by atoms with E-state index in [2.05, 4.69) is 137 Å². The summed E-state index contributed by atoms with van der Waals surface area (Å²) in [5.41, 5.74) is 0. The smallest absolute Gasteiger partial charge is 0.462 e. The van der Waals surface area contributed by atoms with Crippen molar-refractivity contribution in [1.29, 1.82) is 0 Å². The monoisotopic (exact) mass is 1470 g/mol. The summed E-state index contributed by atoms with van der Waals surface area (Å²) in [5, 5.41) is 10.6. The van der Waals surface area contributed by atoms with Gasteiger partial charge in [0.25, 0.3) is 0 Å². The third-order valence-electron chi connectivity index (χ3n) is 16.7. The van der Waals surface area contributed by atoms with Gasteiger partial charge in [-0.1, -0.05) is 272 Å². The van der Waals surface area contributed by atoms with Crippen LogP contribution in [0.1, 0.15) is 336 Å². The van der Waals surface area contributed by atoms with Crippen molar-refractivity contribution >= 4 is 39.5 Å². The Morgan fingerprint density at radius 1 is 0.284 bits per heavy atom. The normalized spacial score (nSPS) is 14.5. The van der Waals surface area contributed by atoms with Crippen molar-refractivity contribution < 1.29 is 80.2 Å². The molecule has 588 valence electrons. The van der Waals surface area contributed by atoms with Crippen LogP contribution in [0.5, 0.6) is 0 Å². The molecule has 3 N–H and O–H groups in total. The number of aliphatic hydroxyl groups is 1. The van der Waals surface area contributed by atoms with Crippen LogP contribution in [0, 0.1) is 0 Å². The topological polar surface area (TPSA) is 237 Å². The summed E-state index contributed by atoms with van der Waals surface area (Å²) in [5.74, 6) is -2.23. The molecule has 0 saturated carbocycles. The van der Waals surface area contributed by atoms with Gasteiger partial charge in [0.05, 0.1) is 26.4 Å². The number of phosphoric ester groups is 2. The molecule has 5 atom stereocenters. The molecule has 0 rings (SSSR count). The predicted octanol–water partition coefficient (Wildman–Crippen LogP) is 23.3. The first kappa shape index (κ1) is 97.7. The largest absolute Gasteiger partial charge is 0.472 e. The van der Waals surface area contributed by atoms with E-state index < -0.39 is 97.5 Å². The van der Waals surface area contributed by atoms with Crippen molar-refractivity contribution in [2.24, 2.45) is 0 Å². The third-order valence-corrected chi connectivity index (χ3v) is 18.6. The Morgan fingerprint density at radius 2 is 0.529 bits per heavy atom. The van der Waals surface area contributed by atoms with Gasteiger partial charge in [0.2, 0.25) is 0 Å². The number of unbranched alkanes of at least 4 members (excludes halogenated alkanes) is 31. The minimum atomic E-state index is -4.99. The van der Waals surface area contributed by atoms with Crippen LogP contribution in [0.2, 0.25) is 0 Å². The molecule has 0 bridgehead atoms. The highest BCUT2D eigenvalue weighted by Crippen LogP contribution is 2.45. The second-order valence-corrected chi connectivity index (χ2v) is 29.5. The second-order valence-electron chi connectivity index (χ2n) is 26.6. The number of esters is 4. The Morgan fingerprint density at radius 3 is 0.843 bits per heavy atom. The molecular weight excluding hydrogens is 1330 g/mol. The zero-order chi connectivity index (χ0) is 74.6. The Kier molecular flexibility index (Phi) is 71.8. The van der Waals surface area contributed by atoms with Gasteiger partial charge in [-0.05, 0) is 148 Å². The molecule has 0 fully saturated rings. The fraction of sp³-hybridized carbons (Fsp3) is 0.735. The van der Waals surface area contributed by atoms with Gasteiger partial charge in [-0.3, -0.25) is 37.3 Å². The van der Waals surface area contributed by atoms with E-state index in [4.69, 9.17) is 37.0 Å². The van der Waals surface area contributed by atoms with Gasteiger partial charge in [-0.15, -0.1) is 0 Å². The lowest BCUT2D eigenvalue weighted by atomic mass is 10.1. The van der Waals surface area contributed by atoms with Crippen LogP contribution in [-0.2, 0) is 65.4 Å². The van der Waals surface area contributed by atoms with E-state index in [0.717, 1.165) is 180 Å². The van der Waals surface area contributed by atoms with E-state index in [0.29, 0.717) is 25.7 Å². The van der Waals surface area contributed by atoms with E-state index in [1.807, 2.05) is 0 Å². The summed E-state index contributed by atoms with van der Waals surface area (Å²) in [6.45, 7) is 4.64. The van der Waals surface area contributed by atoms with Gasteiger partial charge in [0, 0.05) is 25.7 Å². The Bertz CT molecular complexity index is 2360. The summed E-state index contributed by atoms with van der Waals surface area (Å²) in [6.07, 6.45) is 80.7. The fourth-order valence-electron chi connectivity index (χ4n) is 10.6. The maximum atomic E-state index is 13.1. The molecule has 17 nitrogen and oxygen atoms in total. The number of allylic oxidation sites excluding steroid dienone is 18. The minimum absolute atomic E-state index is 0.0694. The Labute approximate surface area is 619 Å². The molecule has 0 aromatic heterocycles. The molecule has 0 heterocycles. The first-order chi connectivity index (χ1) is 49.7. The number of ether oxygens (including phenoxy) is 4. The molecule has 0 aliphatic rings. The van der Waals surface area contributed by atoms with Crippen molar-refractivity contribution in [3.8, 4) is 0 Å². The molecule has 0 aliphatic heterocycles. The average molecular weight is 1480 g/mol. The third kappa shape index (κ3) is 74.0. The van der Waals surface area contributed by atoms with Crippen LogP contribution in [0.4, 0.5) is 0 Å². The Balaban J connectivity index is 5.38. The molecule has 0 saturated heterocycles. The summed E-state index contributed by atoms with van der Waals surface area (Å²) in [4.78, 5) is 73.0. The minimum Gasteiger partial charge on any atom is -0.462 e. The molecule has 19 heteroatoms. The standard InChI is InChI=1S/C83H144O17P2/c1-5-9-13-17-21-25-29-33-36-37-38-39-42-45-48-52-56-60-64-68-81(86)94-73-78(99-82(87)69-65-61-57-53-49-43-32-28-24-20-16-12-8-4)75-97-101(89,90)95-71-77(84)72-96-102(91,92)98-76-79(100-83(88)70-66-62-58-54-50-46-41-35-31-27-23-19-15-11-7-3)74-93-80(85)67-63-59-55-51-47-44-40-34-30-26-22-18-14-10-6-2/h9,13,16,20-21,25,28,32-36,38-41,45,48,77-79,84H,5-8,10-12,14-15,17-19,22-24,26-27,29-31,37,42-44,46-47,49-76H2,1-4H3,(H,89,90)(H,91,92)/b13-9-,20-16-,25-21-,32-28-,36-33-,39-38-,40-34-,41-35-,48-45-. The van der Waals surface area contributed by atoms with Gasteiger partial charge in [-0.25, -0.2) is 9.13 Å². The number of phosphoric acid groups is 2. The van der Waals surface area contributed by atoms with Gasteiger partial charge < -0.3 is 33.8 Å². The van der Waals surface area contributed by atoms with Crippen LogP contribution in [0.15, 0.2) is 109 Å². The first-order valence-corrected chi connectivity index (χ1v) is 43.1. The number of carbonyl (C=O) groups is 4. The number of carbonyl (C=O) groups excluding carboxylic acids is 4. The predicted molar refractivity (Wildman–Crippen MR) is 418 cm³/mol. The van der Waals surface area contributed by atoms with Crippen LogP contribution in [0.3, 0.4) is 0 Å². The summed E-state index contributed by atoms with van der Waals surface area (Å²) >= 11 is 0. The maximum absolute atomic E-state index is 13.1. The molecule has 0 radical (unpaired) electrons. The van der Waals surface area contributed by atoms with E-state index in [1.165, 1.54) is 77.0 Å². The summed E-state index contributed by atoms with van der Waals surface area (Å²) in [6, 6.07) is 0. The number of aliphatic hydroxyl groups excluding tert-OH is 1. The molecule has 0 aromatic rings. The number of hydrogen-bond donors (Lipinski definition) is 3. The zero-order valence-corrected chi connectivity index (χ0v) is 66.0. The van der Waals surface area contributed by atoms with Crippen LogP contribution in [-0.4, -0.2) is 96.7 Å². The van der Waals surface area contributed by atoms with Gasteiger partial charge in [-0.2, -0.15) is 0 Å². The SMILES string of the molecule is CC/C=C\C/C=C\C/C=C\C/C=C\C/C=C\CCCCCC(=O)OCC(COP(=O)(O)OCC(O)COP(=O)(O)OCC(COC(=O)CCCCCCC/C=C\CCCCCCCC)OC(=O)CCCCCCC/C=C\CCCCCCCC)OC(=O)CCCCCCC/C=C\C/C=C\CCC. The highest BCUT2D eigenvalue weighted by Gasteiger charge is 2.30. The van der Waals surface area contributed by atoms with Crippen molar-refractivity contribution in [3.05, 3.63) is 109 Å². The van der Waals surface area contributed by atoms with Crippen molar-refractivity contribution in [1.82, 2.24) is 0 Å². The van der Waals surface area contributed by atoms with Crippen molar-refractivity contribution in [2.45, 2.75) is 354 Å². The van der Waals surface area contributed by atoms with Crippen molar-refractivity contribution in [3.63, 3.8) is 0 Å². The van der Waals surface area contributed by atoms with E-state index in [-0.39, 0.29) is 25.7 Å². The quantitative estimate of drug-likeness (QED) is 0.0169. The van der Waals surface area contributed by atoms with Crippen molar-refractivity contribution in [2.75, 3.05) is 39.6 Å². The van der Waals surface area contributed by atoms with Gasteiger partial charge in [0.15, 0.2) is 12.2 Å². The molecule has 0 aliphatic carbocycles. The fourth-order valence-corrected chi connectivity index (χ4v) is 12.1. The summed E-state index contributed by atoms with van der Waals surface area (Å²) < 4.78 is 68.6. The number of rotatable bonds is 75. The molecule has 0 aromatic carbocycles. The Hall–Kier alpha value is -4.28. The molecular formula is C83H144O17P2. The van der Waals surface area contributed by atoms with E-state index >= 15 is 0 Å². The van der Waals surface area contributed by atoms with Gasteiger partial charge >= 0.3 is 39.5 Å². The molecule has 0 spiro atoms. The molecule has 102 heavy (non-hydrogen) atoms. The second kappa shape index (κ2) is 75.0. The van der Waals surface area contributed by atoms with Crippen LogP contribution < -0.4 is 0 Å². The lowest BCUT2D eigenvalue weighted by Gasteiger charge is -2.21. The van der Waals surface area contributed by atoms with Gasteiger partial charge in [0.1, 0.15) is 19.3 Å². The summed E-state index contributed by atoms with van der Waals surface area (Å²) in [7, 11) is -9.97. The number of hydrogen-bond acceptors (Lipinski definition) is 15. The van der Waals surface area contributed by atoms with E-state index in [1.54, 1.807) is 0 Å². The van der Waals surface area contributed by atoms with E-state index in [9.17, 15) is 43.2 Å². The highest BCUT2D eigenvalue weighted by molar-refractivity contribution is 7.47. The zero-order valence-electron chi connectivity index (χ0n) is 64.3. The van der Waals surface area contributed by atoms with Crippen LogP contribution >= 0.6 is 15.6 Å². The average Bonchev–Trinajstić information content (AvgIpc) is 0.908. The highest BCUT2D eigenvalue weighted by atomic mass is 31.2. The molecule has 5 unspecified atom stereocenters.